The second kappa shape index (κ2) is 9.30. The third kappa shape index (κ3) is 6.19. The molecule has 0 bridgehead atoms. The molecule has 1 N–H and O–H groups in total. The lowest BCUT2D eigenvalue weighted by molar-refractivity contribution is 0.00236. The van der Waals surface area contributed by atoms with E-state index in [0.29, 0.717) is 25.9 Å². The zero-order valence-corrected chi connectivity index (χ0v) is 13.0. The number of hydrogen-bond acceptors (Lipinski definition) is 5. The van der Waals surface area contributed by atoms with Crippen LogP contribution in [0.3, 0.4) is 0 Å². The van der Waals surface area contributed by atoms with E-state index >= 15 is 0 Å². The largest absolute Gasteiger partial charge is 0.385 e. The van der Waals surface area contributed by atoms with Gasteiger partial charge < -0.3 is 14.2 Å². The van der Waals surface area contributed by atoms with E-state index < -0.39 is 5.54 Å². The Morgan fingerprint density at radius 2 is 2.10 bits per heavy atom. The average Bonchev–Trinajstić information content (AvgIpc) is 2.81. The Morgan fingerprint density at radius 1 is 1.30 bits per heavy atom. The van der Waals surface area contributed by atoms with Crippen LogP contribution >= 0.6 is 0 Å². The fourth-order valence-corrected chi connectivity index (χ4v) is 2.64. The second-order valence-corrected chi connectivity index (χ2v) is 5.69. The van der Waals surface area contributed by atoms with Gasteiger partial charge in [0.05, 0.1) is 25.4 Å². The first-order chi connectivity index (χ1) is 9.62. The lowest BCUT2D eigenvalue weighted by Crippen LogP contribution is -2.45. The predicted molar refractivity (Wildman–Crippen MR) is 77.5 cm³/mol. The molecule has 1 fully saturated rings. The van der Waals surface area contributed by atoms with E-state index in [4.69, 9.17) is 14.2 Å². The van der Waals surface area contributed by atoms with Crippen molar-refractivity contribution in [1.82, 2.24) is 5.32 Å². The summed E-state index contributed by atoms with van der Waals surface area (Å²) in [7, 11) is 1.69. The Hall–Kier alpha value is -0.670. The summed E-state index contributed by atoms with van der Waals surface area (Å²) in [5.41, 5.74) is -0.405. The van der Waals surface area contributed by atoms with E-state index in [-0.39, 0.29) is 6.10 Å². The number of nitrogens with zero attached hydrogens (tertiary/aromatic N) is 1. The van der Waals surface area contributed by atoms with Crippen molar-refractivity contribution in [3.63, 3.8) is 0 Å². The van der Waals surface area contributed by atoms with Gasteiger partial charge in [0, 0.05) is 32.8 Å². The van der Waals surface area contributed by atoms with Crippen molar-refractivity contribution in [2.75, 3.05) is 33.5 Å². The lowest BCUT2D eigenvalue weighted by Gasteiger charge is -2.25. The topological polar surface area (TPSA) is 63.5 Å². The minimum Gasteiger partial charge on any atom is -0.385 e. The molecule has 0 amide bonds. The van der Waals surface area contributed by atoms with Gasteiger partial charge in [0.25, 0.3) is 0 Å². The third-order valence-corrected chi connectivity index (χ3v) is 3.47. The minimum atomic E-state index is -0.405. The maximum Gasteiger partial charge on any atom is 0.109 e. The molecule has 1 aliphatic carbocycles. The molecule has 116 valence electrons. The van der Waals surface area contributed by atoms with Gasteiger partial charge in [-0.05, 0) is 33.1 Å². The molecule has 1 rings (SSSR count). The smallest absolute Gasteiger partial charge is 0.109 e. The summed E-state index contributed by atoms with van der Waals surface area (Å²) in [5, 5.41) is 12.7. The normalized spacial score (nSPS) is 26.1. The van der Waals surface area contributed by atoms with E-state index in [2.05, 4.69) is 25.2 Å². The first kappa shape index (κ1) is 17.4. The lowest BCUT2D eigenvalue weighted by atomic mass is 9.98. The fourth-order valence-electron chi connectivity index (χ4n) is 2.64. The number of rotatable bonds is 10. The molecule has 5 nitrogen and oxygen atoms in total. The Labute approximate surface area is 122 Å². The molecule has 1 saturated carbocycles. The number of ether oxygens (including phenoxy) is 3. The second-order valence-electron chi connectivity index (χ2n) is 5.69. The van der Waals surface area contributed by atoms with Gasteiger partial charge in [-0.3, -0.25) is 5.32 Å². The summed E-state index contributed by atoms with van der Waals surface area (Å²) in [6.45, 7) is 6.79. The molecule has 0 aromatic rings. The SMILES string of the molecule is COCCCOCCOC1CCC(C#N)(NC(C)C)C1. The van der Waals surface area contributed by atoms with Crippen LogP contribution in [0.25, 0.3) is 0 Å². The van der Waals surface area contributed by atoms with Gasteiger partial charge >= 0.3 is 0 Å². The molecule has 0 heterocycles. The zero-order valence-electron chi connectivity index (χ0n) is 13.0. The first-order valence-electron chi connectivity index (χ1n) is 7.49. The van der Waals surface area contributed by atoms with Crippen molar-refractivity contribution in [2.24, 2.45) is 0 Å². The molecule has 0 saturated heterocycles. The molecule has 2 unspecified atom stereocenters. The highest BCUT2D eigenvalue weighted by Gasteiger charge is 2.40. The van der Waals surface area contributed by atoms with E-state index in [1.165, 1.54) is 0 Å². The van der Waals surface area contributed by atoms with Crippen LogP contribution in [0, 0.1) is 11.3 Å². The highest BCUT2D eigenvalue weighted by Crippen LogP contribution is 2.31. The first-order valence-corrected chi connectivity index (χ1v) is 7.49. The highest BCUT2D eigenvalue weighted by molar-refractivity contribution is 5.12. The number of hydrogen-bond donors (Lipinski definition) is 1. The van der Waals surface area contributed by atoms with Crippen LogP contribution in [0.4, 0.5) is 0 Å². The molecular formula is C15H28N2O3. The summed E-state index contributed by atoms with van der Waals surface area (Å²) >= 11 is 0. The minimum absolute atomic E-state index is 0.170. The standard InChI is InChI=1S/C15H28N2O3/c1-13(2)17-15(12-16)6-5-14(11-15)20-10-9-19-8-4-7-18-3/h13-14,17H,4-11H2,1-3H3. The van der Waals surface area contributed by atoms with Crippen molar-refractivity contribution < 1.29 is 14.2 Å². The summed E-state index contributed by atoms with van der Waals surface area (Å²) in [4.78, 5) is 0. The van der Waals surface area contributed by atoms with E-state index in [9.17, 15) is 5.26 Å². The van der Waals surface area contributed by atoms with Crippen LogP contribution < -0.4 is 5.32 Å². The Morgan fingerprint density at radius 3 is 2.75 bits per heavy atom. The van der Waals surface area contributed by atoms with E-state index in [0.717, 1.165) is 32.3 Å². The number of nitriles is 1. The maximum atomic E-state index is 9.37. The van der Waals surface area contributed by atoms with Gasteiger partial charge in [0.15, 0.2) is 0 Å². The van der Waals surface area contributed by atoms with Crippen molar-refractivity contribution >= 4 is 0 Å². The molecule has 0 spiro atoms. The molecule has 0 aromatic carbocycles. The van der Waals surface area contributed by atoms with Gasteiger partial charge in [0.1, 0.15) is 5.54 Å². The molecule has 0 aliphatic heterocycles. The monoisotopic (exact) mass is 284 g/mol. The van der Waals surface area contributed by atoms with Gasteiger partial charge in [-0.1, -0.05) is 0 Å². The van der Waals surface area contributed by atoms with Crippen LogP contribution in [0.15, 0.2) is 0 Å². The maximum absolute atomic E-state index is 9.37. The molecule has 0 radical (unpaired) electrons. The molecule has 5 heteroatoms. The number of methoxy groups -OCH3 is 1. The summed E-state index contributed by atoms with van der Waals surface area (Å²) in [6, 6.07) is 2.74. The molecule has 2 atom stereocenters. The van der Waals surface area contributed by atoms with Crippen LogP contribution in [-0.4, -0.2) is 51.2 Å². The zero-order chi connectivity index (χ0) is 14.8. The summed E-state index contributed by atoms with van der Waals surface area (Å²) in [5.74, 6) is 0. The Balaban J connectivity index is 2.13. The van der Waals surface area contributed by atoms with Crippen molar-refractivity contribution in [2.45, 2.75) is 57.2 Å². The molecule has 20 heavy (non-hydrogen) atoms. The van der Waals surface area contributed by atoms with Gasteiger partial charge in [-0.15, -0.1) is 0 Å². The van der Waals surface area contributed by atoms with Gasteiger partial charge in [-0.2, -0.15) is 5.26 Å². The van der Waals surface area contributed by atoms with Crippen molar-refractivity contribution in [3.05, 3.63) is 0 Å². The van der Waals surface area contributed by atoms with Crippen LogP contribution in [-0.2, 0) is 14.2 Å². The van der Waals surface area contributed by atoms with Gasteiger partial charge in [0.2, 0.25) is 0 Å². The van der Waals surface area contributed by atoms with E-state index in [1.807, 2.05) is 0 Å². The van der Waals surface area contributed by atoms with Gasteiger partial charge in [-0.25, -0.2) is 0 Å². The molecular weight excluding hydrogens is 256 g/mol. The third-order valence-electron chi connectivity index (χ3n) is 3.47. The molecule has 0 aromatic heterocycles. The molecule has 1 aliphatic rings. The van der Waals surface area contributed by atoms with Crippen LogP contribution in [0.2, 0.25) is 0 Å². The number of nitrogens with one attached hydrogen (secondary N) is 1. The summed E-state index contributed by atoms with van der Waals surface area (Å²) in [6.07, 6.45) is 3.66. The Kier molecular flexibility index (Phi) is 8.08. The van der Waals surface area contributed by atoms with Crippen molar-refractivity contribution in [3.8, 4) is 6.07 Å². The predicted octanol–water partition coefficient (Wildman–Crippen LogP) is 1.87. The highest BCUT2D eigenvalue weighted by atomic mass is 16.5. The average molecular weight is 284 g/mol. The van der Waals surface area contributed by atoms with Crippen molar-refractivity contribution in [1.29, 1.82) is 5.26 Å². The van der Waals surface area contributed by atoms with Crippen LogP contribution in [0.1, 0.15) is 39.5 Å². The Bertz CT molecular complexity index is 304. The quantitative estimate of drug-likeness (QED) is 0.620. The van der Waals surface area contributed by atoms with E-state index in [1.54, 1.807) is 7.11 Å². The summed E-state index contributed by atoms with van der Waals surface area (Å²) < 4.78 is 16.2. The fraction of sp³-hybridized carbons (Fsp3) is 0.933. The van der Waals surface area contributed by atoms with Crippen LogP contribution in [0.5, 0.6) is 0 Å².